The lowest BCUT2D eigenvalue weighted by Gasteiger charge is -2.24. The largest absolute Gasteiger partial charge is 0.300 e. The van der Waals surface area contributed by atoms with Crippen LogP contribution in [0.25, 0.3) is 0 Å². The smallest absolute Gasteiger partial charge is 0.285 e. The highest BCUT2D eigenvalue weighted by Crippen LogP contribution is 2.30. The fourth-order valence-electron chi connectivity index (χ4n) is 2.60. The molecule has 4 rings (SSSR count). The van der Waals surface area contributed by atoms with Crippen molar-refractivity contribution in [1.82, 2.24) is 19.4 Å². The van der Waals surface area contributed by atoms with Gasteiger partial charge < -0.3 is 0 Å². The summed E-state index contributed by atoms with van der Waals surface area (Å²) in [5, 5.41) is 10.6. The Morgan fingerprint density at radius 3 is 2.96 bits per heavy atom. The minimum absolute atomic E-state index is 0.747. The van der Waals surface area contributed by atoms with Crippen molar-refractivity contribution in [2.75, 3.05) is 11.9 Å². The van der Waals surface area contributed by atoms with Crippen LogP contribution in [0.2, 0.25) is 0 Å². The number of benzene rings is 1. The lowest BCUT2D eigenvalue weighted by atomic mass is 10.2. The van der Waals surface area contributed by atoms with Gasteiger partial charge >= 0.3 is 0 Å². The zero-order valence-electron chi connectivity index (χ0n) is 13.5. The van der Waals surface area contributed by atoms with Gasteiger partial charge in [0.15, 0.2) is 12.0 Å². The van der Waals surface area contributed by atoms with E-state index in [1.165, 1.54) is 10.5 Å². The van der Waals surface area contributed by atoms with Crippen molar-refractivity contribution >= 4 is 23.6 Å². The van der Waals surface area contributed by atoms with Crippen molar-refractivity contribution in [1.29, 1.82) is 0 Å². The van der Waals surface area contributed by atoms with Gasteiger partial charge in [0.1, 0.15) is 6.54 Å². The second-order valence-electron chi connectivity index (χ2n) is 5.72. The molecule has 1 aromatic heterocycles. The molecule has 0 bridgehead atoms. The average Bonchev–Trinajstić information content (AvgIpc) is 3.19. The fourth-order valence-corrected chi connectivity index (χ4v) is 3.54. The van der Waals surface area contributed by atoms with Crippen molar-refractivity contribution in [2.45, 2.75) is 18.7 Å². The summed E-state index contributed by atoms with van der Waals surface area (Å²) in [6.07, 6.45) is 5.88. The average molecular weight is 338 g/mol. The molecule has 1 aromatic carbocycles. The van der Waals surface area contributed by atoms with Gasteiger partial charge in [-0.05, 0) is 42.3 Å². The van der Waals surface area contributed by atoms with E-state index in [2.05, 4.69) is 67.1 Å². The number of nitrogens with zero attached hydrogens (tertiary/aromatic N) is 4. The van der Waals surface area contributed by atoms with Crippen LogP contribution in [0.3, 0.4) is 0 Å². The molecular formula is C17H18N6S+. The molecule has 0 saturated carbocycles. The van der Waals surface area contributed by atoms with E-state index < -0.39 is 0 Å². The summed E-state index contributed by atoms with van der Waals surface area (Å²) in [6.45, 7) is 4.86. The van der Waals surface area contributed by atoms with Crippen LogP contribution >= 0.6 is 11.9 Å². The highest BCUT2D eigenvalue weighted by molar-refractivity contribution is 7.97. The molecule has 2 aromatic rings. The molecule has 0 atom stereocenters. The number of hydrogen-bond acceptors (Lipinski definition) is 6. The molecule has 0 spiro atoms. The lowest BCUT2D eigenvalue weighted by Crippen LogP contribution is -2.42. The van der Waals surface area contributed by atoms with Crippen LogP contribution in [0.5, 0.6) is 0 Å². The highest BCUT2D eigenvalue weighted by Gasteiger charge is 2.37. The molecule has 2 aliphatic rings. The number of amidine groups is 1. The molecule has 0 saturated heterocycles. The summed E-state index contributed by atoms with van der Waals surface area (Å²) in [7, 11) is 0. The van der Waals surface area contributed by atoms with E-state index in [1.807, 2.05) is 25.4 Å². The maximum absolute atomic E-state index is 4.47. The van der Waals surface area contributed by atoms with Crippen molar-refractivity contribution in [2.24, 2.45) is 4.99 Å². The van der Waals surface area contributed by atoms with Crippen LogP contribution in [0.4, 0.5) is 5.82 Å². The summed E-state index contributed by atoms with van der Waals surface area (Å²) >= 11 is 1.71. The number of hydrogen-bond donors (Lipinski definition) is 2. The third-order valence-electron chi connectivity index (χ3n) is 3.81. The molecule has 7 heteroatoms. The van der Waals surface area contributed by atoms with Gasteiger partial charge in [0.25, 0.3) is 11.7 Å². The Labute approximate surface area is 145 Å². The Morgan fingerprint density at radius 2 is 2.17 bits per heavy atom. The van der Waals surface area contributed by atoms with Gasteiger partial charge in [-0.1, -0.05) is 18.2 Å². The number of rotatable bonds is 4. The third kappa shape index (κ3) is 2.95. The fraction of sp³-hybridized carbons (Fsp3) is 0.176. The van der Waals surface area contributed by atoms with Crippen LogP contribution in [-0.4, -0.2) is 26.9 Å². The third-order valence-corrected chi connectivity index (χ3v) is 4.94. The Bertz CT molecular complexity index is 850. The number of aryl methyl sites for hydroxylation is 2. The van der Waals surface area contributed by atoms with Gasteiger partial charge in [0, 0.05) is 16.7 Å². The first-order valence-electron chi connectivity index (χ1n) is 7.73. The summed E-state index contributed by atoms with van der Waals surface area (Å²) in [5.74, 6) is 2.72. The van der Waals surface area contributed by atoms with Gasteiger partial charge in [-0.15, -0.1) is 0 Å². The number of aromatic amines is 1. The molecule has 6 nitrogen and oxygen atoms in total. The van der Waals surface area contributed by atoms with E-state index in [0.717, 1.165) is 29.7 Å². The normalized spacial score (nSPS) is 16.8. The topological polar surface area (TPSA) is 62.2 Å². The van der Waals surface area contributed by atoms with Crippen molar-refractivity contribution < 1.29 is 0 Å². The second-order valence-corrected chi connectivity index (χ2v) is 6.81. The van der Waals surface area contributed by atoms with E-state index in [4.69, 9.17) is 0 Å². The van der Waals surface area contributed by atoms with Gasteiger partial charge in [-0.25, -0.2) is 0 Å². The zero-order valence-corrected chi connectivity index (χ0v) is 14.3. The number of fused-ring (bicyclic) bond motifs is 1. The Kier molecular flexibility index (Phi) is 3.87. The van der Waals surface area contributed by atoms with Gasteiger partial charge in [0.05, 0.1) is 12.4 Å². The van der Waals surface area contributed by atoms with E-state index >= 15 is 0 Å². The van der Waals surface area contributed by atoms with Crippen molar-refractivity contribution in [3.63, 3.8) is 0 Å². The van der Waals surface area contributed by atoms with E-state index in [0.29, 0.717) is 0 Å². The maximum Gasteiger partial charge on any atom is 0.285 e. The summed E-state index contributed by atoms with van der Waals surface area (Å²) in [6, 6.07) is 10.4. The van der Waals surface area contributed by atoms with Gasteiger partial charge in [-0.3, -0.25) is 14.7 Å². The van der Waals surface area contributed by atoms with Gasteiger partial charge in [-0.2, -0.15) is 10.1 Å². The minimum atomic E-state index is 0.747. The summed E-state index contributed by atoms with van der Waals surface area (Å²) in [4.78, 5) is 7.76. The molecule has 2 N–H and O–H groups in total. The molecular weight excluding hydrogens is 320 g/mol. The van der Waals surface area contributed by atoms with Gasteiger partial charge in [0.2, 0.25) is 0 Å². The SMILES string of the molecule is Cc1cc(NC2=CN(Sc3ccccc3C)CC3=NC=C[N+]23)n[nH]1. The Morgan fingerprint density at radius 1 is 1.29 bits per heavy atom. The molecule has 121 valence electrons. The monoisotopic (exact) mass is 338 g/mol. The standard InChI is InChI=1S/C17H18N6S/c1-12-5-3-4-6-14(12)24-22-10-16-18-7-8-23(16)17(11-22)19-15-9-13(2)20-21-15/h3-9,11H,10H2,1-2H3,(H2,19,20,21)/q+1. The minimum Gasteiger partial charge on any atom is -0.300 e. The maximum atomic E-state index is 4.47. The number of anilines is 1. The number of aromatic nitrogens is 2. The van der Waals surface area contributed by atoms with E-state index in [9.17, 15) is 0 Å². The van der Waals surface area contributed by atoms with E-state index in [-0.39, 0.29) is 0 Å². The number of nitrogens with one attached hydrogen (secondary N) is 2. The Hall–Kier alpha value is -2.51. The molecule has 3 heterocycles. The predicted octanol–water partition coefficient (Wildman–Crippen LogP) is 3.28. The van der Waals surface area contributed by atoms with Crippen LogP contribution in [0.1, 0.15) is 11.3 Å². The quantitative estimate of drug-likeness (QED) is 0.663. The highest BCUT2D eigenvalue weighted by atomic mass is 32.2. The molecule has 24 heavy (non-hydrogen) atoms. The Balaban J connectivity index is 1.60. The van der Waals surface area contributed by atoms with Crippen LogP contribution in [0, 0.1) is 13.8 Å². The molecule has 0 amide bonds. The predicted molar refractivity (Wildman–Crippen MR) is 97.5 cm³/mol. The first kappa shape index (κ1) is 15.0. The van der Waals surface area contributed by atoms with Crippen molar-refractivity contribution in [3.05, 3.63) is 66.0 Å². The number of aliphatic imine (C=N–C) groups is 1. The summed E-state index contributed by atoms with van der Waals surface area (Å²) in [5.41, 5.74) is 2.29. The van der Waals surface area contributed by atoms with Crippen molar-refractivity contribution in [3.8, 4) is 0 Å². The first-order chi connectivity index (χ1) is 11.7. The summed E-state index contributed by atoms with van der Waals surface area (Å²) < 4.78 is 2.19. The molecule has 0 unspecified atom stereocenters. The second kappa shape index (κ2) is 6.18. The molecule has 1 radical (unpaired) electrons. The van der Waals surface area contributed by atoms with Crippen LogP contribution < -0.4 is 10.2 Å². The van der Waals surface area contributed by atoms with E-state index in [1.54, 1.807) is 11.9 Å². The molecule has 0 aliphatic carbocycles. The molecule has 0 fully saturated rings. The molecule has 2 aliphatic heterocycles. The lowest BCUT2D eigenvalue weighted by molar-refractivity contribution is 0.634. The first-order valence-corrected chi connectivity index (χ1v) is 8.50. The number of H-pyrrole nitrogens is 1. The van der Waals surface area contributed by atoms with Crippen LogP contribution in [-0.2, 0) is 0 Å². The zero-order chi connectivity index (χ0) is 16.5. The van der Waals surface area contributed by atoms with Crippen LogP contribution in [0.15, 0.2) is 64.6 Å².